The topological polar surface area (TPSA) is 91.8 Å². The van der Waals surface area contributed by atoms with Crippen molar-refractivity contribution in [2.24, 2.45) is 5.92 Å². The number of hydrogen-bond donors (Lipinski definition) is 2. The number of fused-ring (bicyclic) bond motifs is 1. The van der Waals surface area contributed by atoms with Crippen LogP contribution >= 0.6 is 0 Å². The SMILES string of the molecule is CCS(=O)c1ccc(C(CO)NC(=O)c2cnc3c(c2)CN(CC2CCC(C(F)(F)F)CO2)C3)cc1. The molecule has 0 bridgehead atoms. The first-order chi connectivity index (χ1) is 17.2. The van der Waals surface area contributed by atoms with Crippen LogP contribution in [0, 0.1) is 5.92 Å². The Labute approximate surface area is 210 Å². The molecule has 4 unspecified atom stereocenters. The molecule has 0 spiro atoms. The lowest BCUT2D eigenvalue weighted by Gasteiger charge is -2.32. The van der Waals surface area contributed by atoms with E-state index < -0.39 is 28.9 Å². The molecule has 0 radical (unpaired) electrons. The monoisotopic (exact) mass is 525 g/mol. The van der Waals surface area contributed by atoms with Crippen molar-refractivity contribution in [3.05, 3.63) is 58.9 Å². The molecule has 2 aliphatic rings. The first kappa shape index (κ1) is 26.7. The van der Waals surface area contributed by atoms with E-state index in [1.54, 1.807) is 30.3 Å². The van der Waals surface area contributed by atoms with Gasteiger partial charge >= 0.3 is 6.18 Å². The number of nitrogens with zero attached hydrogens (tertiary/aromatic N) is 2. The Morgan fingerprint density at radius 1 is 1.28 bits per heavy atom. The number of carbonyl (C=O) groups excluding carboxylic acids is 1. The number of hydrogen-bond acceptors (Lipinski definition) is 6. The third kappa shape index (κ3) is 6.31. The number of aromatic nitrogens is 1. The van der Waals surface area contributed by atoms with Gasteiger partial charge in [0.15, 0.2) is 0 Å². The summed E-state index contributed by atoms with van der Waals surface area (Å²) in [4.78, 5) is 20.1. The molecule has 1 fully saturated rings. The first-order valence-electron chi connectivity index (χ1n) is 12.0. The maximum Gasteiger partial charge on any atom is 0.394 e. The molecule has 2 aliphatic heterocycles. The molecule has 4 rings (SSSR count). The number of alkyl halides is 3. The zero-order valence-electron chi connectivity index (χ0n) is 20.0. The van der Waals surface area contributed by atoms with E-state index in [0.717, 1.165) is 11.3 Å². The Morgan fingerprint density at radius 3 is 2.64 bits per heavy atom. The van der Waals surface area contributed by atoms with E-state index in [0.29, 0.717) is 47.8 Å². The lowest BCUT2D eigenvalue weighted by molar-refractivity contribution is -0.208. The summed E-state index contributed by atoms with van der Waals surface area (Å²) in [6, 6.07) is 8.08. The van der Waals surface area contributed by atoms with Crippen molar-refractivity contribution in [3.8, 4) is 0 Å². The van der Waals surface area contributed by atoms with E-state index in [-0.39, 0.29) is 31.6 Å². The molecule has 2 N–H and O–H groups in total. The number of rotatable bonds is 8. The number of halogens is 3. The van der Waals surface area contributed by atoms with Crippen LogP contribution in [0.3, 0.4) is 0 Å². The average molecular weight is 526 g/mol. The molecular formula is C25H30F3N3O4S. The predicted molar refractivity (Wildman–Crippen MR) is 128 cm³/mol. The first-order valence-corrected chi connectivity index (χ1v) is 13.3. The Hall–Kier alpha value is -2.34. The molecule has 7 nitrogen and oxygen atoms in total. The summed E-state index contributed by atoms with van der Waals surface area (Å²) in [5.41, 5.74) is 2.77. The molecule has 3 heterocycles. The summed E-state index contributed by atoms with van der Waals surface area (Å²) in [7, 11) is -1.08. The molecule has 4 atom stereocenters. The zero-order chi connectivity index (χ0) is 25.9. The number of ether oxygens (including phenoxy) is 1. The highest BCUT2D eigenvalue weighted by Gasteiger charge is 2.42. The summed E-state index contributed by atoms with van der Waals surface area (Å²) in [5, 5.41) is 12.7. The van der Waals surface area contributed by atoms with Gasteiger partial charge < -0.3 is 15.2 Å². The number of aliphatic hydroxyl groups excluding tert-OH is 1. The minimum Gasteiger partial charge on any atom is -0.394 e. The van der Waals surface area contributed by atoms with Gasteiger partial charge in [-0.3, -0.25) is 18.9 Å². The van der Waals surface area contributed by atoms with Crippen LogP contribution in [0.1, 0.15) is 53.0 Å². The van der Waals surface area contributed by atoms with Crippen molar-refractivity contribution in [3.63, 3.8) is 0 Å². The van der Waals surface area contributed by atoms with Crippen LogP contribution in [0.25, 0.3) is 0 Å². The Morgan fingerprint density at radius 2 is 2.03 bits per heavy atom. The van der Waals surface area contributed by atoms with Crippen LogP contribution in [-0.4, -0.2) is 62.9 Å². The van der Waals surface area contributed by atoms with Gasteiger partial charge in [0.1, 0.15) is 0 Å². The maximum atomic E-state index is 12.9. The van der Waals surface area contributed by atoms with Crippen molar-refractivity contribution in [1.82, 2.24) is 15.2 Å². The smallest absolute Gasteiger partial charge is 0.394 e. The van der Waals surface area contributed by atoms with Crippen LogP contribution in [0.4, 0.5) is 13.2 Å². The summed E-state index contributed by atoms with van der Waals surface area (Å²) in [5.74, 6) is -1.26. The second-order valence-electron chi connectivity index (χ2n) is 9.18. The summed E-state index contributed by atoms with van der Waals surface area (Å²) < 4.78 is 56.0. The highest BCUT2D eigenvalue weighted by Crippen LogP contribution is 2.34. The van der Waals surface area contributed by atoms with Crippen molar-refractivity contribution < 1.29 is 32.0 Å². The number of benzene rings is 1. The van der Waals surface area contributed by atoms with Crippen LogP contribution in [0.5, 0.6) is 0 Å². The highest BCUT2D eigenvalue weighted by molar-refractivity contribution is 7.85. The van der Waals surface area contributed by atoms with Gasteiger partial charge in [0.05, 0.1) is 53.3 Å². The van der Waals surface area contributed by atoms with Crippen LogP contribution < -0.4 is 5.32 Å². The van der Waals surface area contributed by atoms with Gasteiger partial charge in [0, 0.05) is 36.5 Å². The zero-order valence-corrected chi connectivity index (χ0v) is 20.8. The van der Waals surface area contributed by atoms with Crippen molar-refractivity contribution in [2.45, 2.75) is 56.1 Å². The Balaban J connectivity index is 1.33. The molecular weight excluding hydrogens is 495 g/mol. The minimum absolute atomic E-state index is 0.0722. The predicted octanol–water partition coefficient (Wildman–Crippen LogP) is 3.35. The van der Waals surface area contributed by atoms with Gasteiger partial charge in [-0.15, -0.1) is 0 Å². The number of aliphatic hydroxyl groups is 1. The third-order valence-corrected chi connectivity index (χ3v) is 8.00. The molecule has 0 saturated carbocycles. The minimum atomic E-state index is -4.22. The van der Waals surface area contributed by atoms with Crippen molar-refractivity contribution >= 4 is 16.7 Å². The van der Waals surface area contributed by atoms with E-state index in [2.05, 4.69) is 15.2 Å². The summed E-state index contributed by atoms with van der Waals surface area (Å²) >= 11 is 0. The van der Waals surface area contributed by atoms with E-state index in [1.165, 1.54) is 6.20 Å². The van der Waals surface area contributed by atoms with E-state index in [1.807, 2.05) is 6.92 Å². The van der Waals surface area contributed by atoms with Gasteiger partial charge in [-0.25, -0.2) is 0 Å². The fraction of sp³-hybridized carbons (Fsp3) is 0.520. The van der Waals surface area contributed by atoms with Crippen molar-refractivity contribution in [2.75, 3.05) is 25.5 Å². The fourth-order valence-electron chi connectivity index (χ4n) is 4.57. The Bertz CT molecular complexity index is 1090. The van der Waals surface area contributed by atoms with Crippen LogP contribution in [-0.2, 0) is 28.6 Å². The Kier molecular flexibility index (Phi) is 8.44. The van der Waals surface area contributed by atoms with Gasteiger partial charge in [-0.2, -0.15) is 13.2 Å². The van der Waals surface area contributed by atoms with E-state index in [9.17, 15) is 27.3 Å². The largest absolute Gasteiger partial charge is 0.394 e. The van der Waals surface area contributed by atoms with E-state index >= 15 is 0 Å². The number of carbonyl (C=O) groups is 1. The summed E-state index contributed by atoms with van der Waals surface area (Å²) in [6.45, 7) is 2.82. The molecule has 2 aromatic rings. The molecule has 1 saturated heterocycles. The molecule has 36 heavy (non-hydrogen) atoms. The number of pyridine rings is 1. The standard InChI is InChI=1S/C25H30F3N3O4S/c1-2-36(34)21-7-3-16(4-8-21)23(14-32)30-24(33)17-9-18-11-31(13-22(18)29-10-17)12-20-6-5-19(15-35-20)25(26,27)28/h3-4,7-10,19-20,23,32H,2,5-6,11-15H2,1H3,(H,30,33). The van der Waals surface area contributed by atoms with E-state index in [4.69, 9.17) is 4.74 Å². The maximum absolute atomic E-state index is 12.9. The quantitative estimate of drug-likeness (QED) is 0.550. The summed E-state index contributed by atoms with van der Waals surface area (Å²) in [6.07, 6.45) is -2.56. The number of nitrogens with one attached hydrogen (secondary N) is 1. The molecule has 0 aliphatic carbocycles. The van der Waals surface area contributed by atoms with Gasteiger partial charge in [0.25, 0.3) is 5.91 Å². The lowest BCUT2D eigenvalue weighted by Crippen LogP contribution is -2.39. The molecule has 1 aromatic carbocycles. The lowest BCUT2D eigenvalue weighted by atomic mass is 9.98. The number of amides is 1. The molecule has 196 valence electrons. The fourth-order valence-corrected chi connectivity index (χ4v) is 5.34. The van der Waals surface area contributed by atoms with Crippen LogP contribution in [0.2, 0.25) is 0 Å². The third-order valence-electron chi connectivity index (χ3n) is 6.68. The molecule has 1 amide bonds. The van der Waals surface area contributed by atoms with Crippen molar-refractivity contribution in [1.29, 1.82) is 0 Å². The second kappa shape index (κ2) is 11.4. The van der Waals surface area contributed by atoms with Gasteiger partial charge in [-0.1, -0.05) is 19.1 Å². The normalized spacial score (nSPS) is 22.1. The van der Waals surface area contributed by atoms with Gasteiger partial charge in [-0.05, 0) is 42.2 Å². The molecule has 1 aromatic heterocycles. The second-order valence-corrected chi connectivity index (χ2v) is 10.9. The average Bonchev–Trinajstić information content (AvgIpc) is 3.28. The molecule has 11 heteroatoms. The van der Waals surface area contributed by atoms with Gasteiger partial charge in [0.2, 0.25) is 0 Å². The highest BCUT2D eigenvalue weighted by atomic mass is 32.2. The van der Waals surface area contributed by atoms with Crippen LogP contribution in [0.15, 0.2) is 41.4 Å².